The molecule has 7 heteroatoms. The Kier molecular flexibility index (Phi) is 4.25. The largest absolute Gasteiger partial charge is 0.332 e. The first-order chi connectivity index (χ1) is 13.3. The van der Waals surface area contributed by atoms with E-state index in [9.17, 15) is 9.59 Å². The molecule has 4 aromatic rings. The lowest BCUT2D eigenvalue weighted by atomic mass is 10.1. The minimum absolute atomic E-state index is 0.284. The van der Waals surface area contributed by atoms with E-state index in [1.54, 1.807) is 7.05 Å². The van der Waals surface area contributed by atoms with Crippen LogP contribution in [0, 0.1) is 19.8 Å². The lowest BCUT2D eigenvalue weighted by molar-refractivity contribution is 0.488. The number of fused-ring (bicyclic) bond motifs is 3. The molecule has 3 heterocycles. The highest BCUT2D eigenvalue weighted by atomic mass is 16.2. The molecule has 146 valence electrons. The van der Waals surface area contributed by atoms with E-state index in [2.05, 4.69) is 18.8 Å². The highest BCUT2D eigenvalue weighted by Gasteiger charge is 2.21. The van der Waals surface area contributed by atoms with Crippen LogP contribution >= 0.6 is 0 Å². The van der Waals surface area contributed by atoms with Crippen molar-refractivity contribution in [2.45, 2.75) is 40.7 Å². The molecule has 0 amide bonds. The van der Waals surface area contributed by atoms with Gasteiger partial charge in [-0.3, -0.25) is 22.9 Å². The maximum Gasteiger partial charge on any atom is 0.332 e. The fourth-order valence-corrected chi connectivity index (χ4v) is 3.71. The summed E-state index contributed by atoms with van der Waals surface area (Å²) in [5.74, 6) is 1.04. The van der Waals surface area contributed by atoms with Gasteiger partial charge in [-0.2, -0.15) is 4.98 Å². The number of hydrogen-bond acceptors (Lipinski definition) is 3. The van der Waals surface area contributed by atoms with E-state index in [0.29, 0.717) is 29.4 Å². The van der Waals surface area contributed by atoms with E-state index < -0.39 is 0 Å². The van der Waals surface area contributed by atoms with E-state index in [1.165, 1.54) is 9.13 Å². The van der Waals surface area contributed by atoms with E-state index in [0.717, 1.165) is 23.4 Å². The molecule has 0 N–H and O–H groups in total. The minimum atomic E-state index is -0.321. The van der Waals surface area contributed by atoms with E-state index >= 15 is 0 Å². The first-order valence-corrected chi connectivity index (χ1v) is 9.57. The van der Waals surface area contributed by atoms with Crippen LogP contribution in [0.4, 0.5) is 0 Å². The summed E-state index contributed by atoms with van der Waals surface area (Å²) in [6.45, 7) is 8.60. The van der Waals surface area contributed by atoms with Gasteiger partial charge < -0.3 is 0 Å². The van der Waals surface area contributed by atoms with Gasteiger partial charge in [-0.05, 0) is 37.8 Å². The van der Waals surface area contributed by atoms with Gasteiger partial charge >= 0.3 is 5.69 Å². The number of rotatable bonds is 4. The normalized spacial score (nSPS) is 11.9. The molecule has 0 aliphatic rings. The molecule has 0 atom stereocenters. The van der Waals surface area contributed by atoms with Gasteiger partial charge in [-0.25, -0.2) is 4.79 Å². The van der Waals surface area contributed by atoms with Gasteiger partial charge in [-0.1, -0.05) is 32.0 Å². The summed E-state index contributed by atoms with van der Waals surface area (Å²) in [4.78, 5) is 30.6. The maximum atomic E-state index is 13.2. The predicted molar refractivity (Wildman–Crippen MR) is 110 cm³/mol. The summed E-state index contributed by atoms with van der Waals surface area (Å²) in [5.41, 5.74) is 3.34. The van der Waals surface area contributed by atoms with E-state index in [-0.39, 0.29) is 11.2 Å². The van der Waals surface area contributed by atoms with Crippen molar-refractivity contribution in [3.05, 3.63) is 62.6 Å². The summed E-state index contributed by atoms with van der Waals surface area (Å²) < 4.78 is 6.64. The third-order valence-electron chi connectivity index (χ3n) is 5.31. The van der Waals surface area contributed by atoms with Gasteiger partial charge in [0, 0.05) is 25.5 Å². The highest BCUT2D eigenvalue weighted by molar-refractivity contribution is 5.76. The lowest BCUT2D eigenvalue weighted by Crippen LogP contribution is -2.39. The molecule has 0 aliphatic heterocycles. The molecular formula is C21H25N5O2. The van der Waals surface area contributed by atoms with Crippen molar-refractivity contribution in [2.24, 2.45) is 13.0 Å². The standard InChI is InChI=1S/C21H25N5O2/c1-13(2)10-11-24-19(27)17-18(23(5)21(24)28)22-20-25(17)12-15(4)26(20)16-9-7-6-8-14(16)3/h6-9,12-13H,10-11H2,1-5H3. The molecule has 0 radical (unpaired) electrons. The zero-order valence-electron chi connectivity index (χ0n) is 16.9. The van der Waals surface area contributed by atoms with Gasteiger partial charge in [0.2, 0.25) is 5.78 Å². The van der Waals surface area contributed by atoms with Crippen LogP contribution in [-0.2, 0) is 13.6 Å². The Balaban J connectivity index is 2.07. The van der Waals surface area contributed by atoms with E-state index in [1.807, 2.05) is 53.3 Å². The third kappa shape index (κ3) is 2.61. The third-order valence-corrected chi connectivity index (χ3v) is 5.31. The van der Waals surface area contributed by atoms with Crippen LogP contribution in [0.25, 0.3) is 22.6 Å². The zero-order chi connectivity index (χ0) is 20.2. The van der Waals surface area contributed by atoms with Crippen LogP contribution in [0.3, 0.4) is 0 Å². The van der Waals surface area contributed by atoms with Gasteiger partial charge in [0.15, 0.2) is 11.2 Å². The second-order valence-corrected chi connectivity index (χ2v) is 7.83. The van der Waals surface area contributed by atoms with Crippen molar-refractivity contribution < 1.29 is 0 Å². The Bertz CT molecular complexity index is 1320. The molecule has 7 nitrogen and oxygen atoms in total. The molecule has 28 heavy (non-hydrogen) atoms. The molecule has 0 aliphatic carbocycles. The van der Waals surface area contributed by atoms with Crippen molar-refractivity contribution in [1.82, 2.24) is 23.1 Å². The van der Waals surface area contributed by atoms with Crippen molar-refractivity contribution >= 4 is 16.9 Å². The number of aromatic nitrogens is 5. The molecule has 0 spiro atoms. The summed E-state index contributed by atoms with van der Waals surface area (Å²) in [5, 5.41) is 0. The molecule has 0 bridgehead atoms. The van der Waals surface area contributed by atoms with Crippen molar-refractivity contribution in [1.29, 1.82) is 0 Å². The molecule has 0 unspecified atom stereocenters. The Hall–Kier alpha value is -3.09. The molecule has 0 saturated carbocycles. The summed E-state index contributed by atoms with van der Waals surface area (Å²) in [6, 6.07) is 8.05. The van der Waals surface area contributed by atoms with Gasteiger partial charge in [0.25, 0.3) is 5.56 Å². The monoisotopic (exact) mass is 379 g/mol. The van der Waals surface area contributed by atoms with Gasteiger partial charge in [-0.15, -0.1) is 0 Å². The van der Waals surface area contributed by atoms with Crippen LogP contribution in [0.2, 0.25) is 0 Å². The van der Waals surface area contributed by atoms with Crippen LogP contribution in [-0.4, -0.2) is 23.1 Å². The average Bonchev–Trinajstić information content (AvgIpc) is 3.15. The number of para-hydroxylation sites is 1. The summed E-state index contributed by atoms with van der Waals surface area (Å²) >= 11 is 0. The summed E-state index contributed by atoms with van der Waals surface area (Å²) in [7, 11) is 1.67. The van der Waals surface area contributed by atoms with Crippen molar-refractivity contribution in [3.63, 3.8) is 0 Å². The Morgan fingerprint density at radius 2 is 1.82 bits per heavy atom. The predicted octanol–water partition coefficient (Wildman–Crippen LogP) is 2.80. The van der Waals surface area contributed by atoms with E-state index in [4.69, 9.17) is 0 Å². The second kappa shape index (κ2) is 6.51. The fraction of sp³-hybridized carbons (Fsp3) is 0.381. The number of imidazole rings is 2. The minimum Gasteiger partial charge on any atom is -0.283 e. The van der Waals surface area contributed by atoms with Gasteiger partial charge in [0.1, 0.15) is 0 Å². The summed E-state index contributed by atoms with van der Waals surface area (Å²) in [6.07, 6.45) is 2.68. The fourth-order valence-electron chi connectivity index (χ4n) is 3.71. The smallest absolute Gasteiger partial charge is 0.283 e. The average molecular weight is 379 g/mol. The van der Waals surface area contributed by atoms with Crippen molar-refractivity contribution in [3.8, 4) is 5.69 Å². The molecule has 4 rings (SSSR count). The van der Waals surface area contributed by atoms with Crippen molar-refractivity contribution in [2.75, 3.05) is 0 Å². The van der Waals surface area contributed by atoms with Crippen LogP contribution in [0.5, 0.6) is 0 Å². The topological polar surface area (TPSA) is 66.2 Å². The number of aryl methyl sites for hydroxylation is 3. The molecular weight excluding hydrogens is 354 g/mol. The highest BCUT2D eigenvalue weighted by Crippen LogP contribution is 2.23. The quantitative estimate of drug-likeness (QED) is 0.548. The first kappa shape index (κ1) is 18.3. The maximum absolute atomic E-state index is 13.2. The SMILES string of the molecule is Cc1ccccc1-n1c(C)cn2c3c(=O)n(CCC(C)C)c(=O)n(C)c3nc12. The molecule has 1 aromatic carbocycles. The number of hydrogen-bond donors (Lipinski definition) is 0. The van der Waals surface area contributed by atoms with Gasteiger partial charge in [0.05, 0.1) is 5.69 Å². The molecule has 0 fully saturated rings. The molecule has 3 aromatic heterocycles. The zero-order valence-corrected chi connectivity index (χ0v) is 16.9. The van der Waals surface area contributed by atoms with Crippen LogP contribution in [0.1, 0.15) is 31.5 Å². The number of nitrogens with zero attached hydrogens (tertiary/aromatic N) is 5. The number of benzene rings is 1. The first-order valence-electron chi connectivity index (χ1n) is 9.57. The lowest BCUT2D eigenvalue weighted by Gasteiger charge is -2.09. The Morgan fingerprint density at radius 3 is 2.50 bits per heavy atom. The second-order valence-electron chi connectivity index (χ2n) is 7.83. The Labute approximate surface area is 162 Å². The van der Waals surface area contributed by atoms with Crippen LogP contribution in [0.15, 0.2) is 40.1 Å². The molecule has 0 saturated heterocycles. The Morgan fingerprint density at radius 1 is 1.11 bits per heavy atom. The van der Waals surface area contributed by atoms with Crippen LogP contribution < -0.4 is 11.2 Å².